The van der Waals surface area contributed by atoms with Crippen molar-refractivity contribution in [2.75, 3.05) is 25.0 Å². The van der Waals surface area contributed by atoms with Gasteiger partial charge in [0.25, 0.3) is 15.9 Å². The first-order valence-electron chi connectivity index (χ1n) is 9.98. The van der Waals surface area contributed by atoms with E-state index in [2.05, 4.69) is 5.32 Å². The zero-order valence-corrected chi connectivity index (χ0v) is 18.4. The van der Waals surface area contributed by atoms with Crippen LogP contribution in [0.2, 0.25) is 0 Å². The third-order valence-electron chi connectivity index (χ3n) is 4.99. The predicted octanol–water partition coefficient (Wildman–Crippen LogP) is 3.88. The number of carbonyl (C=O) groups is 1. The summed E-state index contributed by atoms with van der Waals surface area (Å²) in [7, 11) is -0.687. The van der Waals surface area contributed by atoms with E-state index in [0.717, 1.165) is 28.5 Å². The molecule has 0 aliphatic heterocycles. The highest BCUT2D eigenvalue weighted by atomic mass is 32.2. The van der Waals surface area contributed by atoms with Gasteiger partial charge in [-0.05, 0) is 48.7 Å². The molecule has 3 aromatic rings. The number of aryl methyl sites for hydroxylation is 1. The van der Waals surface area contributed by atoms with E-state index in [0.29, 0.717) is 17.8 Å². The molecule has 6 nitrogen and oxygen atoms in total. The quantitative estimate of drug-likeness (QED) is 0.515. The van der Waals surface area contributed by atoms with Gasteiger partial charge in [0, 0.05) is 13.6 Å². The average Bonchev–Trinajstić information content (AvgIpc) is 2.82. The molecule has 7 heteroatoms. The Morgan fingerprint density at radius 1 is 0.935 bits per heavy atom. The van der Waals surface area contributed by atoms with Gasteiger partial charge in [-0.1, -0.05) is 48.5 Å². The van der Waals surface area contributed by atoms with Crippen LogP contribution in [0.25, 0.3) is 0 Å². The average molecular weight is 439 g/mol. The van der Waals surface area contributed by atoms with Gasteiger partial charge in [0.2, 0.25) is 0 Å². The van der Waals surface area contributed by atoms with Crippen LogP contribution in [0.5, 0.6) is 5.75 Å². The monoisotopic (exact) mass is 438 g/mol. The van der Waals surface area contributed by atoms with Crippen LogP contribution in [0.3, 0.4) is 0 Å². The van der Waals surface area contributed by atoms with Gasteiger partial charge >= 0.3 is 0 Å². The van der Waals surface area contributed by atoms with Gasteiger partial charge in [-0.3, -0.25) is 9.10 Å². The molecule has 0 fully saturated rings. The lowest BCUT2D eigenvalue weighted by Crippen LogP contribution is -2.31. The van der Waals surface area contributed by atoms with E-state index in [-0.39, 0.29) is 10.8 Å². The lowest BCUT2D eigenvalue weighted by atomic mass is 10.1. The van der Waals surface area contributed by atoms with Crippen molar-refractivity contribution in [1.82, 2.24) is 5.32 Å². The first-order valence-corrected chi connectivity index (χ1v) is 11.4. The van der Waals surface area contributed by atoms with Crippen LogP contribution >= 0.6 is 0 Å². The zero-order chi connectivity index (χ0) is 22.3. The van der Waals surface area contributed by atoms with Crippen LogP contribution < -0.4 is 14.4 Å². The minimum atomic E-state index is -3.78. The Labute approximate surface area is 183 Å². The molecule has 3 aromatic carbocycles. The Bertz CT molecular complexity index is 1130. The molecule has 0 atom stereocenters. The molecular weight excluding hydrogens is 412 g/mol. The van der Waals surface area contributed by atoms with Gasteiger partial charge in [-0.2, -0.15) is 0 Å². The highest BCUT2D eigenvalue weighted by Gasteiger charge is 2.24. The Kier molecular flexibility index (Phi) is 7.31. The second-order valence-electron chi connectivity index (χ2n) is 6.97. The summed E-state index contributed by atoms with van der Waals surface area (Å²) in [6.45, 7) is 0.459. The normalized spacial score (nSPS) is 11.0. The minimum absolute atomic E-state index is 0.171. The van der Waals surface area contributed by atoms with Gasteiger partial charge in [-0.15, -0.1) is 0 Å². The van der Waals surface area contributed by atoms with E-state index in [4.69, 9.17) is 4.74 Å². The number of carbonyl (C=O) groups excluding carboxylic acids is 1. The highest BCUT2D eigenvalue weighted by molar-refractivity contribution is 7.92. The topological polar surface area (TPSA) is 75.7 Å². The van der Waals surface area contributed by atoms with Crippen molar-refractivity contribution in [3.8, 4) is 5.75 Å². The SMILES string of the molecule is COc1ccccc1CCCNC(=O)c1ccccc1N(C)S(=O)(=O)c1ccccc1. The number of hydrogen-bond donors (Lipinski definition) is 1. The largest absolute Gasteiger partial charge is 0.496 e. The van der Waals surface area contributed by atoms with Crippen LogP contribution in [-0.2, 0) is 16.4 Å². The van der Waals surface area contributed by atoms with Gasteiger partial charge in [0.15, 0.2) is 0 Å². The molecule has 0 bridgehead atoms. The second-order valence-corrected chi connectivity index (χ2v) is 8.94. The molecule has 0 aromatic heterocycles. The maximum Gasteiger partial charge on any atom is 0.264 e. The van der Waals surface area contributed by atoms with E-state index in [1.807, 2.05) is 24.3 Å². The fourth-order valence-corrected chi connectivity index (χ4v) is 4.54. The molecule has 0 aliphatic rings. The Hall–Kier alpha value is -3.32. The number of benzene rings is 3. The molecule has 0 saturated carbocycles. The second kappa shape index (κ2) is 10.1. The first-order chi connectivity index (χ1) is 14.9. The standard InChI is InChI=1S/C24H26N2O4S/c1-26(31(28,29)20-13-4-3-5-14-20)22-16-8-7-15-21(22)24(27)25-18-10-12-19-11-6-9-17-23(19)30-2/h3-9,11,13-17H,10,12,18H2,1-2H3,(H,25,27). The van der Waals surface area contributed by atoms with Crippen molar-refractivity contribution in [2.24, 2.45) is 0 Å². The molecule has 0 radical (unpaired) electrons. The van der Waals surface area contributed by atoms with E-state index >= 15 is 0 Å². The predicted molar refractivity (Wildman–Crippen MR) is 122 cm³/mol. The fraction of sp³-hybridized carbons (Fsp3) is 0.208. The molecule has 0 unspecified atom stereocenters. The smallest absolute Gasteiger partial charge is 0.264 e. The van der Waals surface area contributed by atoms with Crippen LogP contribution in [0.4, 0.5) is 5.69 Å². The Morgan fingerprint density at radius 3 is 2.32 bits per heavy atom. The van der Waals surface area contributed by atoms with Crippen molar-refractivity contribution in [1.29, 1.82) is 0 Å². The molecule has 3 rings (SSSR count). The first kappa shape index (κ1) is 22.4. The summed E-state index contributed by atoms with van der Waals surface area (Å²) in [5, 5.41) is 2.89. The Morgan fingerprint density at radius 2 is 1.58 bits per heavy atom. The van der Waals surface area contributed by atoms with Gasteiger partial charge in [-0.25, -0.2) is 8.42 Å². The summed E-state index contributed by atoms with van der Waals surface area (Å²) < 4.78 is 32.4. The maximum atomic E-state index is 13.0. The number of nitrogens with zero attached hydrogens (tertiary/aromatic N) is 1. The minimum Gasteiger partial charge on any atom is -0.496 e. The number of nitrogens with one attached hydrogen (secondary N) is 1. The van der Waals surface area contributed by atoms with Crippen molar-refractivity contribution in [2.45, 2.75) is 17.7 Å². The number of para-hydroxylation sites is 2. The van der Waals surface area contributed by atoms with Crippen molar-refractivity contribution >= 4 is 21.6 Å². The van der Waals surface area contributed by atoms with Crippen molar-refractivity contribution < 1.29 is 17.9 Å². The summed E-state index contributed by atoms with van der Waals surface area (Å²) in [6, 6.07) is 22.6. The lowest BCUT2D eigenvalue weighted by molar-refractivity contribution is 0.0954. The zero-order valence-electron chi connectivity index (χ0n) is 17.6. The van der Waals surface area contributed by atoms with Crippen LogP contribution in [-0.4, -0.2) is 35.0 Å². The number of methoxy groups -OCH3 is 1. The van der Waals surface area contributed by atoms with Crippen LogP contribution in [0.1, 0.15) is 22.3 Å². The van der Waals surface area contributed by atoms with E-state index in [1.165, 1.54) is 19.2 Å². The van der Waals surface area contributed by atoms with E-state index in [9.17, 15) is 13.2 Å². The molecule has 31 heavy (non-hydrogen) atoms. The molecule has 0 aliphatic carbocycles. The van der Waals surface area contributed by atoms with Gasteiger partial charge in [0.1, 0.15) is 5.75 Å². The number of amides is 1. The van der Waals surface area contributed by atoms with Crippen molar-refractivity contribution in [3.05, 3.63) is 90.0 Å². The number of anilines is 1. The number of rotatable bonds is 9. The third-order valence-corrected chi connectivity index (χ3v) is 6.78. The van der Waals surface area contributed by atoms with Gasteiger partial charge < -0.3 is 10.1 Å². The molecule has 1 N–H and O–H groups in total. The highest BCUT2D eigenvalue weighted by Crippen LogP contribution is 2.25. The van der Waals surface area contributed by atoms with E-state index in [1.54, 1.807) is 49.6 Å². The van der Waals surface area contributed by atoms with Gasteiger partial charge in [0.05, 0.1) is 23.3 Å². The summed E-state index contributed by atoms with van der Waals surface area (Å²) in [4.78, 5) is 13.0. The molecule has 1 amide bonds. The van der Waals surface area contributed by atoms with Crippen LogP contribution in [0, 0.1) is 0 Å². The summed E-state index contributed by atoms with van der Waals surface area (Å²) in [6.07, 6.45) is 1.49. The fourth-order valence-electron chi connectivity index (χ4n) is 3.31. The molecule has 0 saturated heterocycles. The van der Waals surface area contributed by atoms with Crippen LogP contribution in [0.15, 0.2) is 83.8 Å². The molecule has 162 valence electrons. The Balaban J connectivity index is 1.69. The summed E-state index contributed by atoms with van der Waals surface area (Å²) >= 11 is 0. The maximum absolute atomic E-state index is 13.0. The van der Waals surface area contributed by atoms with E-state index < -0.39 is 10.0 Å². The summed E-state index contributed by atoms with van der Waals surface area (Å²) in [5.74, 6) is 0.512. The number of ether oxygens (including phenoxy) is 1. The molecular formula is C24H26N2O4S. The lowest BCUT2D eigenvalue weighted by Gasteiger charge is -2.22. The number of sulfonamides is 1. The third kappa shape index (κ3) is 5.24. The molecule has 0 heterocycles. The molecule has 0 spiro atoms. The summed E-state index contributed by atoms with van der Waals surface area (Å²) in [5.41, 5.74) is 1.71. The number of hydrogen-bond acceptors (Lipinski definition) is 4. The van der Waals surface area contributed by atoms with Crippen molar-refractivity contribution in [3.63, 3.8) is 0 Å².